The zero-order valence-electron chi connectivity index (χ0n) is 13.5. The topological polar surface area (TPSA) is 42.5 Å². The van der Waals surface area contributed by atoms with Crippen LogP contribution in [0.25, 0.3) is 0 Å². The van der Waals surface area contributed by atoms with E-state index in [1.165, 1.54) is 19.3 Å². The SMILES string of the molecule is COc1cc(Cl)ccc1CNC1CCCC1C1COCCN1.Cl. The molecule has 6 heteroatoms. The second-order valence-corrected chi connectivity index (χ2v) is 6.61. The number of halogens is 2. The predicted octanol–water partition coefficient (Wildman–Crippen LogP) is 3.02. The minimum atomic E-state index is 0. The third kappa shape index (κ3) is 4.74. The van der Waals surface area contributed by atoms with E-state index < -0.39 is 0 Å². The zero-order chi connectivity index (χ0) is 15.4. The molecule has 0 aromatic heterocycles. The van der Waals surface area contributed by atoms with E-state index in [1.54, 1.807) is 7.11 Å². The first-order valence-electron chi connectivity index (χ1n) is 8.15. The van der Waals surface area contributed by atoms with E-state index in [-0.39, 0.29) is 12.4 Å². The number of benzene rings is 1. The molecule has 1 saturated carbocycles. The summed E-state index contributed by atoms with van der Waals surface area (Å²) in [6.07, 6.45) is 3.80. The molecule has 23 heavy (non-hydrogen) atoms. The Labute approximate surface area is 149 Å². The fraction of sp³-hybridized carbons (Fsp3) is 0.647. The van der Waals surface area contributed by atoms with E-state index in [9.17, 15) is 0 Å². The van der Waals surface area contributed by atoms with Gasteiger partial charge in [0.05, 0.1) is 20.3 Å². The molecule has 0 amide bonds. The average Bonchev–Trinajstić information content (AvgIpc) is 3.03. The smallest absolute Gasteiger partial charge is 0.124 e. The number of hydrogen-bond donors (Lipinski definition) is 2. The van der Waals surface area contributed by atoms with Crippen LogP contribution in [0.4, 0.5) is 0 Å². The second-order valence-electron chi connectivity index (χ2n) is 6.17. The molecule has 1 aromatic rings. The van der Waals surface area contributed by atoms with Gasteiger partial charge in [0.1, 0.15) is 5.75 Å². The summed E-state index contributed by atoms with van der Waals surface area (Å²) in [5, 5.41) is 8.04. The maximum absolute atomic E-state index is 6.03. The molecule has 1 aliphatic carbocycles. The van der Waals surface area contributed by atoms with E-state index in [1.807, 2.05) is 18.2 Å². The van der Waals surface area contributed by atoms with Gasteiger partial charge in [-0.15, -0.1) is 12.4 Å². The Morgan fingerprint density at radius 3 is 3.00 bits per heavy atom. The molecule has 2 N–H and O–H groups in total. The Bertz CT molecular complexity index is 495. The molecule has 1 saturated heterocycles. The Kier molecular flexibility index (Phi) is 7.44. The van der Waals surface area contributed by atoms with Crippen molar-refractivity contribution in [2.45, 2.75) is 37.9 Å². The first-order chi connectivity index (χ1) is 10.8. The summed E-state index contributed by atoms with van der Waals surface area (Å²) in [5.74, 6) is 1.51. The van der Waals surface area contributed by atoms with Gasteiger partial charge in [-0.1, -0.05) is 24.1 Å². The van der Waals surface area contributed by atoms with Crippen molar-refractivity contribution in [3.63, 3.8) is 0 Å². The van der Waals surface area contributed by atoms with Crippen molar-refractivity contribution < 1.29 is 9.47 Å². The summed E-state index contributed by atoms with van der Waals surface area (Å²) < 4.78 is 11.1. The van der Waals surface area contributed by atoms with E-state index in [0.29, 0.717) is 23.0 Å². The molecule has 2 fully saturated rings. The molecule has 3 unspecified atom stereocenters. The summed E-state index contributed by atoms with van der Waals surface area (Å²) in [4.78, 5) is 0. The number of hydrogen-bond acceptors (Lipinski definition) is 4. The Morgan fingerprint density at radius 1 is 1.39 bits per heavy atom. The van der Waals surface area contributed by atoms with Crippen LogP contribution in [0.1, 0.15) is 24.8 Å². The van der Waals surface area contributed by atoms with Crippen molar-refractivity contribution in [2.75, 3.05) is 26.9 Å². The zero-order valence-corrected chi connectivity index (χ0v) is 15.1. The number of nitrogens with one attached hydrogen (secondary N) is 2. The highest BCUT2D eigenvalue weighted by molar-refractivity contribution is 6.30. The van der Waals surface area contributed by atoms with Crippen LogP contribution in [0.2, 0.25) is 5.02 Å². The van der Waals surface area contributed by atoms with Gasteiger partial charge in [0.25, 0.3) is 0 Å². The largest absolute Gasteiger partial charge is 0.496 e. The number of morpholine rings is 1. The van der Waals surface area contributed by atoms with Crippen LogP contribution in [0.5, 0.6) is 5.75 Å². The van der Waals surface area contributed by atoms with Crippen molar-refractivity contribution in [1.29, 1.82) is 0 Å². The molecule has 1 heterocycles. The van der Waals surface area contributed by atoms with Crippen LogP contribution in [-0.4, -0.2) is 39.0 Å². The predicted molar refractivity (Wildman–Crippen MR) is 95.8 cm³/mol. The molecule has 1 aromatic carbocycles. The third-order valence-electron chi connectivity index (χ3n) is 4.84. The fourth-order valence-electron chi connectivity index (χ4n) is 3.69. The molecule has 4 nitrogen and oxygen atoms in total. The average molecular weight is 361 g/mol. The molecule has 0 spiro atoms. The van der Waals surface area contributed by atoms with Crippen molar-refractivity contribution in [2.24, 2.45) is 5.92 Å². The van der Waals surface area contributed by atoms with Gasteiger partial charge in [-0.3, -0.25) is 0 Å². The van der Waals surface area contributed by atoms with E-state index in [2.05, 4.69) is 10.6 Å². The minimum Gasteiger partial charge on any atom is -0.496 e. The molecular formula is C17H26Cl2N2O2. The van der Waals surface area contributed by atoms with Gasteiger partial charge < -0.3 is 20.1 Å². The van der Waals surface area contributed by atoms with Gasteiger partial charge in [-0.25, -0.2) is 0 Å². The highest BCUT2D eigenvalue weighted by Crippen LogP contribution is 2.30. The number of rotatable bonds is 5. The number of methoxy groups -OCH3 is 1. The molecule has 2 aliphatic rings. The van der Waals surface area contributed by atoms with Crippen molar-refractivity contribution in [3.8, 4) is 5.75 Å². The first kappa shape index (κ1) is 18.8. The summed E-state index contributed by atoms with van der Waals surface area (Å²) in [5.41, 5.74) is 1.16. The molecule has 0 bridgehead atoms. The Balaban J connectivity index is 0.00000192. The minimum absolute atomic E-state index is 0. The monoisotopic (exact) mass is 360 g/mol. The number of ether oxygens (including phenoxy) is 2. The van der Waals surface area contributed by atoms with E-state index >= 15 is 0 Å². The molecule has 1 aliphatic heterocycles. The van der Waals surface area contributed by atoms with Gasteiger partial charge >= 0.3 is 0 Å². The highest BCUT2D eigenvalue weighted by Gasteiger charge is 2.34. The third-order valence-corrected chi connectivity index (χ3v) is 5.08. The lowest BCUT2D eigenvalue weighted by atomic mass is 9.94. The highest BCUT2D eigenvalue weighted by atomic mass is 35.5. The normalized spacial score (nSPS) is 27.5. The van der Waals surface area contributed by atoms with Crippen LogP contribution < -0.4 is 15.4 Å². The van der Waals surface area contributed by atoms with Crippen LogP contribution in [-0.2, 0) is 11.3 Å². The van der Waals surface area contributed by atoms with Gasteiger partial charge in [0.2, 0.25) is 0 Å². The Hall–Kier alpha value is -0.520. The van der Waals surface area contributed by atoms with E-state index in [4.69, 9.17) is 21.1 Å². The summed E-state index contributed by atoms with van der Waals surface area (Å²) in [6.45, 7) is 3.46. The van der Waals surface area contributed by atoms with Gasteiger partial charge in [0, 0.05) is 35.8 Å². The summed E-state index contributed by atoms with van der Waals surface area (Å²) in [6, 6.07) is 6.87. The maximum atomic E-state index is 6.03. The Morgan fingerprint density at radius 2 is 2.26 bits per heavy atom. The summed E-state index contributed by atoms with van der Waals surface area (Å²) in [7, 11) is 1.69. The van der Waals surface area contributed by atoms with Crippen LogP contribution in [0.3, 0.4) is 0 Å². The molecule has 3 rings (SSSR count). The van der Waals surface area contributed by atoms with Gasteiger partial charge in [-0.2, -0.15) is 0 Å². The van der Waals surface area contributed by atoms with Crippen molar-refractivity contribution in [1.82, 2.24) is 10.6 Å². The second kappa shape index (κ2) is 9.09. The molecular weight excluding hydrogens is 335 g/mol. The molecule has 3 atom stereocenters. The lowest BCUT2D eigenvalue weighted by Gasteiger charge is -2.33. The van der Waals surface area contributed by atoms with Crippen molar-refractivity contribution >= 4 is 24.0 Å². The molecule has 0 radical (unpaired) electrons. The van der Waals surface area contributed by atoms with Crippen molar-refractivity contribution in [3.05, 3.63) is 28.8 Å². The molecule has 130 valence electrons. The van der Waals surface area contributed by atoms with Crippen LogP contribution >= 0.6 is 24.0 Å². The first-order valence-corrected chi connectivity index (χ1v) is 8.52. The lowest BCUT2D eigenvalue weighted by Crippen LogP contribution is -2.50. The van der Waals surface area contributed by atoms with E-state index in [0.717, 1.165) is 37.6 Å². The van der Waals surface area contributed by atoms with Gasteiger partial charge in [-0.05, 0) is 30.9 Å². The fourth-order valence-corrected chi connectivity index (χ4v) is 3.85. The lowest BCUT2D eigenvalue weighted by molar-refractivity contribution is 0.0524. The van der Waals surface area contributed by atoms with Gasteiger partial charge in [0.15, 0.2) is 0 Å². The van der Waals surface area contributed by atoms with Crippen LogP contribution in [0, 0.1) is 5.92 Å². The summed E-state index contributed by atoms with van der Waals surface area (Å²) >= 11 is 6.03. The standard InChI is InChI=1S/C17H25ClN2O2.ClH/c1-21-17-9-13(18)6-5-12(17)10-20-15-4-2-3-14(15)16-11-22-8-7-19-16;/h5-6,9,14-16,19-20H,2-4,7-8,10-11H2,1H3;1H. The maximum Gasteiger partial charge on any atom is 0.124 e. The van der Waals surface area contributed by atoms with Crippen LogP contribution in [0.15, 0.2) is 18.2 Å². The quantitative estimate of drug-likeness (QED) is 0.846.